The van der Waals surface area contributed by atoms with Crippen LogP contribution in [-0.4, -0.2) is 42.8 Å². The van der Waals surface area contributed by atoms with E-state index in [0.29, 0.717) is 11.6 Å². The van der Waals surface area contributed by atoms with Gasteiger partial charge >= 0.3 is 0 Å². The van der Waals surface area contributed by atoms with Crippen LogP contribution in [0, 0.1) is 0 Å². The summed E-state index contributed by atoms with van der Waals surface area (Å²) in [4.78, 5) is 12.8. The Morgan fingerprint density at radius 3 is 3.05 bits per heavy atom. The number of imidazole rings is 1. The first-order valence-corrected chi connectivity index (χ1v) is 6.37. The molecule has 0 aliphatic heterocycles. The summed E-state index contributed by atoms with van der Waals surface area (Å²) >= 11 is 0. The Hall–Kier alpha value is -2.64. The number of hydrogen-bond donors (Lipinski definition) is 3. The highest BCUT2D eigenvalue weighted by Crippen LogP contribution is 2.20. The van der Waals surface area contributed by atoms with Gasteiger partial charge in [0.05, 0.1) is 17.9 Å². The van der Waals surface area contributed by atoms with Gasteiger partial charge in [-0.15, -0.1) is 0 Å². The van der Waals surface area contributed by atoms with Crippen molar-refractivity contribution in [2.75, 3.05) is 17.7 Å². The first-order chi connectivity index (χ1) is 9.76. The Balaban J connectivity index is 1.84. The van der Waals surface area contributed by atoms with Gasteiger partial charge in [-0.3, -0.25) is 5.10 Å². The van der Waals surface area contributed by atoms with Crippen molar-refractivity contribution in [1.82, 2.24) is 29.7 Å². The van der Waals surface area contributed by atoms with Crippen LogP contribution in [0.3, 0.4) is 0 Å². The molecular formula is C12H16N8. The zero-order chi connectivity index (χ0) is 13.9. The Morgan fingerprint density at radius 2 is 2.30 bits per heavy atom. The van der Waals surface area contributed by atoms with Crippen molar-refractivity contribution in [2.24, 2.45) is 0 Å². The van der Waals surface area contributed by atoms with E-state index in [9.17, 15) is 0 Å². The van der Waals surface area contributed by atoms with Gasteiger partial charge in [-0.25, -0.2) is 4.98 Å². The van der Waals surface area contributed by atoms with E-state index in [-0.39, 0.29) is 6.04 Å². The van der Waals surface area contributed by atoms with E-state index >= 15 is 0 Å². The first kappa shape index (κ1) is 12.4. The fraction of sp³-hybridized carbons (Fsp3) is 0.333. The molecular weight excluding hydrogens is 256 g/mol. The van der Waals surface area contributed by atoms with E-state index < -0.39 is 0 Å². The topological polar surface area (TPSA) is 96.3 Å². The summed E-state index contributed by atoms with van der Waals surface area (Å²) in [6, 6.07) is 0.196. The number of nitrogens with one attached hydrogen (secondary N) is 3. The summed E-state index contributed by atoms with van der Waals surface area (Å²) < 4.78 is 2.02. The van der Waals surface area contributed by atoms with Crippen LogP contribution in [-0.2, 0) is 6.54 Å². The minimum atomic E-state index is 0.196. The average Bonchev–Trinajstić information content (AvgIpc) is 3.09. The largest absolute Gasteiger partial charge is 0.365 e. The third-order valence-electron chi connectivity index (χ3n) is 2.96. The van der Waals surface area contributed by atoms with E-state index in [1.807, 2.05) is 10.8 Å². The standard InChI is InChI=1S/C12H16N8/c1-8(6-20-4-3-14-7-20)16-10-9-5-15-19-11(9)18-12(13-2)17-10/h3-5,7-8H,6H2,1-2H3,(H3,13,15,16,17,18,19). The number of anilines is 2. The van der Waals surface area contributed by atoms with Crippen LogP contribution >= 0.6 is 0 Å². The Bertz CT molecular complexity index is 687. The molecule has 3 N–H and O–H groups in total. The monoisotopic (exact) mass is 272 g/mol. The molecule has 0 amide bonds. The summed E-state index contributed by atoms with van der Waals surface area (Å²) in [5, 5.41) is 14.1. The number of H-pyrrole nitrogens is 1. The maximum atomic E-state index is 4.44. The summed E-state index contributed by atoms with van der Waals surface area (Å²) in [5.41, 5.74) is 0.710. The zero-order valence-corrected chi connectivity index (χ0v) is 11.3. The number of aromatic amines is 1. The van der Waals surface area contributed by atoms with Crippen LogP contribution < -0.4 is 10.6 Å². The number of hydrogen-bond acceptors (Lipinski definition) is 6. The zero-order valence-electron chi connectivity index (χ0n) is 11.3. The van der Waals surface area contributed by atoms with Crippen LogP contribution in [0.15, 0.2) is 24.9 Å². The lowest BCUT2D eigenvalue weighted by atomic mass is 10.3. The Kier molecular flexibility index (Phi) is 3.20. The Labute approximate surface area is 115 Å². The summed E-state index contributed by atoms with van der Waals surface area (Å²) in [5.74, 6) is 1.32. The van der Waals surface area contributed by atoms with Gasteiger partial charge in [-0.1, -0.05) is 0 Å². The normalized spacial score (nSPS) is 12.5. The molecule has 8 nitrogen and oxygen atoms in total. The van der Waals surface area contributed by atoms with Gasteiger partial charge in [-0.05, 0) is 6.92 Å². The molecule has 0 saturated carbocycles. The second kappa shape index (κ2) is 5.16. The van der Waals surface area contributed by atoms with E-state index in [0.717, 1.165) is 17.7 Å². The van der Waals surface area contributed by atoms with Gasteiger partial charge in [0, 0.05) is 32.0 Å². The molecule has 3 aromatic heterocycles. The lowest BCUT2D eigenvalue weighted by Crippen LogP contribution is -2.22. The number of nitrogens with zero attached hydrogens (tertiary/aromatic N) is 5. The second-order valence-electron chi connectivity index (χ2n) is 4.58. The predicted octanol–water partition coefficient (Wildman–Crippen LogP) is 1.09. The third kappa shape index (κ3) is 2.40. The molecule has 0 radical (unpaired) electrons. The van der Waals surface area contributed by atoms with E-state index in [2.05, 4.69) is 42.7 Å². The van der Waals surface area contributed by atoms with Gasteiger partial charge < -0.3 is 15.2 Å². The molecule has 104 valence electrons. The van der Waals surface area contributed by atoms with Gasteiger partial charge in [0.2, 0.25) is 5.95 Å². The summed E-state index contributed by atoms with van der Waals surface area (Å²) in [6.07, 6.45) is 7.22. The predicted molar refractivity (Wildman–Crippen MR) is 76.5 cm³/mol. The fourth-order valence-corrected chi connectivity index (χ4v) is 2.05. The summed E-state index contributed by atoms with van der Waals surface area (Å²) in [6.45, 7) is 2.89. The van der Waals surface area contributed by atoms with Crippen molar-refractivity contribution in [1.29, 1.82) is 0 Å². The van der Waals surface area contributed by atoms with Crippen LogP contribution in [0.25, 0.3) is 11.0 Å². The molecule has 1 atom stereocenters. The number of aromatic nitrogens is 6. The number of fused-ring (bicyclic) bond motifs is 1. The molecule has 0 spiro atoms. The van der Waals surface area contributed by atoms with Gasteiger partial charge in [0.15, 0.2) is 5.65 Å². The lowest BCUT2D eigenvalue weighted by molar-refractivity contribution is 0.617. The molecule has 0 aliphatic carbocycles. The lowest BCUT2D eigenvalue weighted by Gasteiger charge is -2.16. The second-order valence-corrected chi connectivity index (χ2v) is 4.58. The van der Waals surface area contributed by atoms with Crippen LogP contribution in [0.4, 0.5) is 11.8 Å². The molecule has 0 saturated heterocycles. The quantitative estimate of drug-likeness (QED) is 0.643. The van der Waals surface area contributed by atoms with Crippen molar-refractivity contribution in [3.05, 3.63) is 24.9 Å². The molecule has 0 fully saturated rings. The molecule has 0 aliphatic rings. The molecule has 3 heterocycles. The van der Waals surface area contributed by atoms with Crippen molar-refractivity contribution < 1.29 is 0 Å². The molecule has 20 heavy (non-hydrogen) atoms. The average molecular weight is 272 g/mol. The smallest absolute Gasteiger partial charge is 0.226 e. The molecule has 3 aromatic rings. The van der Waals surface area contributed by atoms with E-state index in [1.54, 1.807) is 25.8 Å². The SMILES string of the molecule is CNc1nc(NC(C)Cn2ccnc2)c2cn[nH]c2n1. The fourth-order valence-electron chi connectivity index (χ4n) is 2.05. The van der Waals surface area contributed by atoms with Crippen molar-refractivity contribution in [2.45, 2.75) is 19.5 Å². The molecule has 0 bridgehead atoms. The van der Waals surface area contributed by atoms with Crippen LogP contribution in [0.5, 0.6) is 0 Å². The van der Waals surface area contributed by atoms with Gasteiger partial charge in [-0.2, -0.15) is 15.1 Å². The third-order valence-corrected chi connectivity index (χ3v) is 2.96. The Morgan fingerprint density at radius 1 is 1.40 bits per heavy atom. The molecule has 3 rings (SSSR count). The van der Waals surface area contributed by atoms with Gasteiger partial charge in [0.25, 0.3) is 0 Å². The highest BCUT2D eigenvalue weighted by Gasteiger charge is 2.11. The number of rotatable bonds is 5. The molecule has 0 aromatic carbocycles. The maximum absolute atomic E-state index is 4.44. The highest BCUT2D eigenvalue weighted by atomic mass is 15.2. The van der Waals surface area contributed by atoms with Crippen molar-refractivity contribution in [3.63, 3.8) is 0 Å². The van der Waals surface area contributed by atoms with E-state index in [4.69, 9.17) is 0 Å². The minimum Gasteiger partial charge on any atom is -0.365 e. The minimum absolute atomic E-state index is 0.196. The van der Waals surface area contributed by atoms with Gasteiger partial charge in [0.1, 0.15) is 5.82 Å². The molecule has 1 unspecified atom stereocenters. The van der Waals surface area contributed by atoms with E-state index in [1.165, 1.54) is 0 Å². The summed E-state index contributed by atoms with van der Waals surface area (Å²) in [7, 11) is 1.79. The first-order valence-electron chi connectivity index (χ1n) is 6.37. The van der Waals surface area contributed by atoms with Crippen molar-refractivity contribution in [3.8, 4) is 0 Å². The molecule has 8 heteroatoms. The van der Waals surface area contributed by atoms with Crippen LogP contribution in [0.1, 0.15) is 6.92 Å². The van der Waals surface area contributed by atoms with Crippen LogP contribution in [0.2, 0.25) is 0 Å². The highest BCUT2D eigenvalue weighted by molar-refractivity contribution is 5.87. The maximum Gasteiger partial charge on any atom is 0.226 e. The van der Waals surface area contributed by atoms with Crippen molar-refractivity contribution >= 4 is 22.8 Å².